The Kier molecular flexibility index (Phi) is 4.61. The van der Waals surface area contributed by atoms with Crippen molar-refractivity contribution in [2.75, 3.05) is 13.2 Å². The summed E-state index contributed by atoms with van der Waals surface area (Å²) in [6.45, 7) is 3.76. The molecule has 66 valence electrons. The van der Waals surface area contributed by atoms with Crippen LogP contribution in [-0.2, 0) is 0 Å². The predicted octanol–water partition coefficient (Wildman–Crippen LogP) is -0.578. The highest BCUT2D eigenvalue weighted by atomic mass is 16.4. The summed E-state index contributed by atoms with van der Waals surface area (Å²) in [4.78, 5) is 11.5. The number of carboxylic acid groups (broad SMARTS) is 1. The first-order valence-electron chi connectivity index (χ1n) is 3.75. The molecule has 0 aliphatic heterocycles. The number of carbonyl (C=O) groups is 1. The number of amides is 1. The third-order valence-electron chi connectivity index (χ3n) is 1.70. The summed E-state index contributed by atoms with van der Waals surface area (Å²) in [5.74, 6) is 0. The zero-order valence-electron chi connectivity index (χ0n) is 6.91. The monoisotopic (exact) mass is 160 g/mol. The molecule has 4 nitrogen and oxygen atoms in total. The van der Waals surface area contributed by atoms with Crippen LogP contribution in [0.5, 0.6) is 0 Å². The van der Waals surface area contributed by atoms with Crippen molar-refractivity contribution in [3.05, 3.63) is 0 Å². The molecule has 0 aromatic carbocycles. The van der Waals surface area contributed by atoms with Crippen LogP contribution in [0, 0.1) is 0 Å². The van der Waals surface area contributed by atoms with E-state index in [4.69, 9.17) is 5.11 Å². The highest BCUT2D eigenvalue weighted by Gasteiger charge is 2.12. The molecule has 0 aliphatic rings. The lowest BCUT2D eigenvalue weighted by Gasteiger charge is -2.30. The van der Waals surface area contributed by atoms with Crippen LogP contribution in [0.25, 0.3) is 0 Å². The molecule has 4 heteroatoms. The number of aliphatic hydroxyl groups excluding tert-OH is 1. The molecule has 11 heavy (non-hydrogen) atoms. The van der Waals surface area contributed by atoms with Gasteiger partial charge in [0, 0.05) is 6.54 Å². The van der Waals surface area contributed by atoms with E-state index in [0.29, 0.717) is 13.0 Å². The quantitative estimate of drug-likeness (QED) is 0.598. The van der Waals surface area contributed by atoms with Crippen LogP contribution in [0.15, 0.2) is 0 Å². The summed E-state index contributed by atoms with van der Waals surface area (Å²) in [6.07, 6.45) is -0.605. The Labute approximate surface area is 66.4 Å². The predicted molar refractivity (Wildman–Crippen MR) is 38.9 cm³/mol. The van der Waals surface area contributed by atoms with Gasteiger partial charge in [0.1, 0.15) is 6.09 Å². The Morgan fingerprint density at radius 1 is 1.64 bits per heavy atom. The van der Waals surface area contributed by atoms with Gasteiger partial charge in [0.05, 0.1) is 12.6 Å². The molecule has 1 atom stereocenters. The Balaban J connectivity index is 4.09. The van der Waals surface area contributed by atoms with Gasteiger partial charge in [0.15, 0.2) is 0 Å². The van der Waals surface area contributed by atoms with Gasteiger partial charge in [0.25, 0.3) is 0 Å². The lowest BCUT2D eigenvalue weighted by Crippen LogP contribution is -2.48. The maximum atomic E-state index is 10.4. The molecule has 1 amide bonds. The van der Waals surface area contributed by atoms with Crippen molar-refractivity contribution in [1.29, 1.82) is 0 Å². The Morgan fingerprint density at radius 3 is 2.27 bits per heavy atom. The van der Waals surface area contributed by atoms with Gasteiger partial charge in [-0.05, 0) is 13.3 Å². The van der Waals surface area contributed by atoms with E-state index >= 15 is 0 Å². The SMILES string of the molecule is CCC(CO)N(CC)C(=O)[O-]. The summed E-state index contributed by atoms with van der Waals surface area (Å²) >= 11 is 0. The van der Waals surface area contributed by atoms with Crippen LogP contribution in [0.4, 0.5) is 4.79 Å². The largest absolute Gasteiger partial charge is 0.530 e. The van der Waals surface area contributed by atoms with Crippen LogP contribution in [0.3, 0.4) is 0 Å². The lowest BCUT2D eigenvalue weighted by molar-refractivity contribution is -0.268. The fourth-order valence-electron chi connectivity index (χ4n) is 0.984. The minimum atomic E-state index is -1.21. The van der Waals surface area contributed by atoms with E-state index in [1.165, 1.54) is 0 Å². The van der Waals surface area contributed by atoms with Crippen LogP contribution in [0.1, 0.15) is 20.3 Å². The first-order valence-corrected chi connectivity index (χ1v) is 3.75. The number of hydrogen-bond donors (Lipinski definition) is 1. The average Bonchev–Trinajstić information content (AvgIpc) is 1.99. The molecule has 1 N–H and O–H groups in total. The Bertz CT molecular complexity index is 123. The topological polar surface area (TPSA) is 63.6 Å². The van der Waals surface area contributed by atoms with Crippen LogP contribution in [-0.4, -0.2) is 35.3 Å². The van der Waals surface area contributed by atoms with Gasteiger partial charge in [0.2, 0.25) is 0 Å². The van der Waals surface area contributed by atoms with Gasteiger partial charge in [-0.15, -0.1) is 0 Å². The zero-order chi connectivity index (χ0) is 8.85. The molecule has 0 bridgehead atoms. The molecule has 0 radical (unpaired) electrons. The average molecular weight is 160 g/mol. The molecule has 0 aliphatic carbocycles. The summed E-state index contributed by atoms with van der Waals surface area (Å²) in [5.41, 5.74) is 0. The minimum Gasteiger partial charge on any atom is -0.530 e. The summed E-state index contributed by atoms with van der Waals surface area (Å²) in [7, 11) is 0. The van der Waals surface area contributed by atoms with E-state index in [1.807, 2.05) is 6.92 Å². The smallest absolute Gasteiger partial charge is 0.137 e. The molecule has 0 rings (SSSR count). The van der Waals surface area contributed by atoms with E-state index in [1.54, 1.807) is 6.92 Å². The van der Waals surface area contributed by atoms with Crippen molar-refractivity contribution < 1.29 is 15.0 Å². The van der Waals surface area contributed by atoms with Crippen LogP contribution >= 0.6 is 0 Å². The lowest BCUT2D eigenvalue weighted by atomic mass is 10.2. The number of hydrogen-bond acceptors (Lipinski definition) is 3. The maximum Gasteiger partial charge on any atom is 0.137 e. The van der Waals surface area contributed by atoms with Gasteiger partial charge in [-0.25, -0.2) is 0 Å². The molecule has 0 fully saturated rings. The molecular formula is C7H14NO3-. The number of aliphatic hydroxyl groups is 1. The number of nitrogens with zero attached hydrogens (tertiary/aromatic N) is 1. The van der Waals surface area contributed by atoms with Crippen molar-refractivity contribution in [3.63, 3.8) is 0 Å². The second kappa shape index (κ2) is 4.96. The molecule has 1 unspecified atom stereocenters. The van der Waals surface area contributed by atoms with Gasteiger partial charge in [-0.1, -0.05) is 6.92 Å². The number of carbonyl (C=O) groups excluding carboxylic acids is 1. The highest BCUT2D eigenvalue weighted by molar-refractivity contribution is 5.62. The first kappa shape index (κ1) is 10.2. The molecule has 0 heterocycles. The highest BCUT2D eigenvalue weighted by Crippen LogP contribution is 2.01. The maximum absolute atomic E-state index is 10.4. The molecule has 0 saturated carbocycles. The number of rotatable bonds is 4. The second-order valence-electron chi connectivity index (χ2n) is 2.30. The fourth-order valence-corrected chi connectivity index (χ4v) is 0.984. The normalized spacial score (nSPS) is 12.6. The molecule has 0 aromatic heterocycles. The zero-order valence-corrected chi connectivity index (χ0v) is 6.91. The molecule has 0 aromatic rings. The first-order chi connectivity index (χ1) is 5.17. The van der Waals surface area contributed by atoms with Crippen molar-refractivity contribution in [1.82, 2.24) is 4.90 Å². The third kappa shape index (κ3) is 2.76. The summed E-state index contributed by atoms with van der Waals surface area (Å²) < 4.78 is 0. The third-order valence-corrected chi connectivity index (χ3v) is 1.70. The van der Waals surface area contributed by atoms with E-state index in [9.17, 15) is 9.90 Å². The van der Waals surface area contributed by atoms with E-state index in [-0.39, 0.29) is 12.6 Å². The van der Waals surface area contributed by atoms with Crippen molar-refractivity contribution >= 4 is 6.09 Å². The van der Waals surface area contributed by atoms with Crippen LogP contribution < -0.4 is 5.11 Å². The van der Waals surface area contributed by atoms with Crippen molar-refractivity contribution in [2.24, 2.45) is 0 Å². The Hall–Kier alpha value is -0.770. The van der Waals surface area contributed by atoms with Crippen molar-refractivity contribution in [3.8, 4) is 0 Å². The van der Waals surface area contributed by atoms with E-state index < -0.39 is 6.09 Å². The molecular weight excluding hydrogens is 146 g/mol. The molecule has 0 spiro atoms. The summed E-state index contributed by atoms with van der Waals surface area (Å²) in [5, 5.41) is 19.1. The fraction of sp³-hybridized carbons (Fsp3) is 0.857. The minimum absolute atomic E-state index is 0.141. The van der Waals surface area contributed by atoms with Gasteiger partial charge < -0.3 is 19.9 Å². The summed E-state index contributed by atoms with van der Waals surface area (Å²) in [6, 6.07) is -0.315. The number of likely N-dealkylation sites (N-methyl/N-ethyl adjacent to an activating group) is 1. The second-order valence-corrected chi connectivity index (χ2v) is 2.30. The Morgan fingerprint density at radius 2 is 2.18 bits per heavy atom. The van der Waals surface area contributed by atoms with Crippen molar-refractivity contribution in [2.45, 2.75) is 26.3 Å². The van der Waals surface area contributed by atoms with Crippen LogP contribution in [0.2, 0.25) is 0 Å². The van der Waals surface area contributed by atoms with Gasteiger partial charge in [-0.2, -0.15) is 0 Å². The van der Waals surface area contributed by atoms with Gasteiger partial charge in [-0.3, -0.25) is 0 Å². The van der Waals surface area contributed by atoms with Gasteiger partial charge >= 0.3 is 0 Å². The molecule has 0 saturated heterocycles. The van der Waals surface area contributed by atoms with E-state index in [0.717, 1.165) is 4.90 Å². The van der Waals surface area contributed by atoms with E-state index in [2.05, 4.69) is 0 Å². The standard InChI is InChI=1S/C7H15NO3/c1-3-6(5-9)8(4-2)7(10)11/h6,9H,3-5H2,1-2H3,(H,10,11)/p-1.